The van der Waals surface area contributed by atoms with Gasteiger partial charge in [-0.3, -0.25) is 0 Å². The van der Waals surface area contributed by atoms with Crippen LogP contribution in [0.2, 0.25) is 0 Å². The summed E-state index contributed by atoms with van der Waals surface area (Å²) < 4.78 is 51.4. The van der Waals surface area contributed by atoms with Crippen LogP contribution in [0.1, 0.15) is 11.7 Å². The van der Waals surface area contributed by atoms with Gasteiger partial charge in [-0.1, -0.05) is 12.1 Å². The highest BCUT2D eigenvalue weighted by molar-refractivity contribution is 5.44. The first-order chi connectivity index (χ1) is 9.47. The predicted octanol–water partition coefficient (Wildman–Crippen LogP) is 3.39. The molecule has 0 fully saturated rings. The highest BCUT2D eigenvalue weighted by atomic mass is 19.2. The zero-order chi connectivity index (χ0) is 14.7. The molecule has 2 rings (SSSR count). The van der Waals surface area contributed by atoms with Gasteiger partial charge in [0.15, 0.2) is 17.5 Å². The molecule has 2 aromatic carbocycles. The molecule has 2 aromatic rings. The smallest absolute Gasteiger partial charge is 0.194 e. The second-order valence-electron chi connectivity index (χ2n) is 4.20. The highest BCUT2D eigenvalue weighted by Gasteiger charge is 2.12. The van der Waals surface area contributed by atoms with Crippen molar-refractivity contribution in [1.82, 2.24) is 0 Å². The van der Waals surface area contributed by atoms with Crippen LogP contribution in [0.15, 0.2) is 36.4 Å². The Hall–Kier alpha value is -2.08. The van der Waals surface area contributed by atoms with E-state index in [4.69, 9.17) is 0 Å². The van der Waals surface area contributed by atoms with E-state index in [9.17, 15) is 22.7 Å². The molecule has 1 atom stereocenters. The fraction of sp³-hybridized carbons (Fsp3) is 0.143. The summed E-state index contributed by atoms with van der Waals surface area (Å²) in [4.78, 5) is 0. The molecule has 0 aromatic heterocycles. The van der Waals surface area contributed by atoms with Crippen molar-refractivity contribution in [1.29, 1.82) is 0 Å². The fourth-order valence-corrected chi connectivity index (χ4v) is 1.67. The maximum Gasteiger partial charge on any atom is 0.194 e. The zero-order valence-electron chi connectivity index (χ0n) is 10.2. The predicted molar refractivity (Wildman–Crippen MR) is 66.2 cm³/mol. The number of hydrogen-bond acceptors (Lipinski definition) is 2. The monoisotopic (exact) mass is 285 g/mol. The summed E-state index contributed by atoms with van der Waals surface area (Å²) >= 11 is 0. The van der Waals surface area contributed by atoms with Gasteiger partial charge in [0.05, 0.1) is 6.10 Å². The van der Waals surface area contributed by atoms with E-state index in [0.29, 0.717) is 5.56 Å². The third-order valence-corrected chi connectivity index (χ3v) is 2.74. The van der Waals surface area contributed by atoms with Gasteiger partial charge in [0.25, 0.3) is 0 Å². The van der Waals surface area contributed by atoms with Crippen molar-refractivity contribution in [3.8, 4) is 0 Å². The molecule has 0 aliphatic carbocycles. The standard InChI is InChI=1S/C14H11F4NO/c15-9-3-1-8(2-4-9)13(20)7-19-10-5-11(16)14(18)12(17)6-10/h1-6,13,19-20H,7H2. The van der Waals surface area contributed by atoms with Gasteiger partial charge in [-0.15, -0.1) is 0 Å². The van der Waals surface area contributed by atoms with Crippen LogP contribution in [0.5, 0.6) is 0 Å². The normalized spacial score (nSPS) is 12.2. The summed E-state index contributed by atoms with van der Waals surface area (Å²) in [6, 6.07) is 6.75. The number of aliphatic hydroxyl groups is 1. The molecule has 0 saturated carbocycles. The van der Waals surface area contributed by atoms with Crippen molar-refractivity contribution < 1.29 is 22.7 Å². The molecule has 0 aliphatic rings. The maximum atomic E-state index is 13.0. The summed E-state index contributed by atoms with van der Waals surface area (Å²) in [6.07, 6.45) is -0.994. The Labute approximate surface area is 112 Å². The lowest BCUT2D eigenvalue weighted by molar-refractivity contribution is 0.191. The molecule has 0 saturated heterocycles. The van der Waals surface area contributed by atoms with Gasteiger partial charge >= 0.3 is 0 Å². The maximum absolute atomic E-state index is 13.0. The van der Waals surface area contributed by atoms with Gasteiger partial charge in [0.2, 0.25) is 0 Å². The molecule has 0 heterocycles. The van der Waals surface area contributed by atoms with Crippen molar-refractivity contribution in [3.63, 3.8) is 0 Å². The van der Waals surface area contributed by atoms with Gasteiger partial charge in [0, 0.05) is 24.4 Å². The molecule has 0 amide bonds. The van der Waals surface area contributed by atoms with E-state index in [1.807, 2.05) is 0 Å². The minimum Gasteiger partial charge on any atom is -0.387 e. The quantitative estimate of drug-likeness (QED) is 0.666. The highest BCUT2D eigenvalue weighted by Crippen LogP contribution is 2.19. The number of hydrogen-bond donors (Lipinski definition) is 2. The Balaban J connectivity index is 2.03. The van der Waals surface area contributed by atoms with Crippen LogP contribution in [0, 0.1) is 23.3 Å². The topological polar surface area (TPSA) is 32.3 Å². The van der Waals surface area contributed by atoms with E-state index in [0.717, 1.165) is 12.1 Å². The van der Waals surface area contributed by atoms with E-state index < -0.39 is 29.4 Å². The number of aliphatic hydroxyl groups excluding tert-OH is 1. The van der Waals surface area contributed by atoms with E-state index in [1.54, 1.807) is 0 Å². The van der Waals surface area contributed by atoms with Crippen molar-refractivity contribution in [2.75, 3.05) is 11.9 Å². The van der Waals surface area contributed by atoms with Crippen LogP contribution >= 0.6 is 0 Å². The third-order valence-electron chi connectivity index (χ3n) is 2.74. The van der Waals surface area contributed by atoms with Gasteiger partial charge in [0.1, 0.15) is 5.82 Å². The lowest BCUT2D eigenvalue weighted by atomic mass is 10.1. The molecule has 0 spiro atoms. The van der Waals surface area contributed by atoms with E-state index in [1.165, 1.54) is 24.3 Å². The average molecular weight is 285 g/mol. The van der Waals surface area contributed by atoms with E-state index in [2.05, 4.69) is 5.32 Å². The fourth-order valence-electron chi connectivity index (χ4n) is 1.67. The van der Waals surface area contributed by atoms with Gasteiger partial charge in [-0.2, -0.15) is 0 Å². The summed E-state index contributed by atoms with van der Waals surface area (Å²) in [6.45, 7) is -0.0594. The Bertz CT molecular complexity index is 578. The lowest BCUT2D eigenvalue weighted by Crippen LogP contribution is -2.12. The van der Waals surface area contributed by atoms with Crippen molar-refractivity contribution >= 4 is 5.69 Å². The lowest BCUT2D eigenvalue weighted by Gasteiger charge is -2.13. The molecule has 20 heavy (non-hydrogen) atoms. The van der Waals surface area contributed by atoms with Crippen LogP contribution in [0.25, 0.3) is 0 Å². The Kier molecular flexibility index (Phi) is 4.24. The van der Waals surface area contributed by atoms with Gasteiger partial charge < -0.3 is 10.4 Å². The van der Waals surface area contributed by atoms with Crippen molar-refractivity contribution in [2.45, 2.75) is 6.10 Å². The molecule has 0 radical (unpaired) electrons. The number of nitrogens with one attached hydrogen (secondary N) is 1. The first-order valence-electron chi connectivity index (χ1n) is 5.79. The molecule has 1 unspecified atom stereocenters. The molecule has 2 N–H and O–H groups in total. The van der Waals surface area contributed by atoms with Crippen LogP contribution in [-0.4, -0.2) is 11.7 Å². The van der Waals surface area contributed by atoms with Crippen LogP contribution in [-0.2, 0) is 0 Å². The summed E-state index contributed by atoms with van der Waals surface area (Å²) in [5.41, 5.74) is 0.449. The molecule has 0 aliphatic heterocycles. The van der Waals surface area contributed by atoms with E-state index >= 15 is 0 Å². The summed E-state index contributed by atoms with van der Waals surface area (Å²) in [5, 5.41) is 12.4. The number of anilines is 1. The molecule has 6 heteroatoms. The Morgan fingerprint density at radius 2 is 1.50 bits per heavy atom. The molecule has 0 bridgehead atoms. The molecular weight excluding hydrogens is 274 g/mol. The van der Waals surface area contributed by atoms with Gasteiger partial charge in [-0.05, 0) is 17.7 Å². The average Bonchev–Trinajstić information content (AvgIpc) is 2.42. The van der Waals surface area contributed by atoms with Crippen LogP contribution < -0.4 is 5.32 Å². The number of rotatable bonds is 4. The second-order valence-corrected chi connectivity index (χ2v) is 4.20. The third kappa shape index (κ3) is 3.27. The number of benzene rings is 2. The largest absolute Gasteiger partial charge is 0.387 e. The minimum atomic E-state index is -1.55. The first kappa shape index (κ1) is 14.3. The number of halogens is 4. The van der Waals surface area contributed by atoms with Crippen molar-refractivity contribution in [2.24, 2.45) is 0 Å². The minimum absolute atomic E-state index is 0.00237. The molecule has 2 nitrogen and oxygen atoms in total. The summed E-state index contributed by atoms with van der Waals surface area (Å²) in [7, 11) is 0. The van der Waals surface area contributed by atoms with Gasteiger partial charge in [-0.25, -0.2) is 17.6 Å². The second kappa shape index (κ2) is 5.92. The summed E-state index contributed by atoms with van der Waals surface area (Å²) in [5.74, 6) is -4.61. The molecule has 106 valence electrons. The zero-order valence-corrected chi connectivity index (χ0v) is 10.2. The van der Waals surface area contributed by atoms with Crippen LogP contribution in [0.3, 0.4) is 0 Å². The van der Waals surface area contributed by atoms with Crippen molar-refractivity contribution in [3.05, 3.63) is 65.2 Å². The molecular formula is C14H11F4NO. The first-order valence-corrected chi connectivity index (χ1v) is 5.79. The van der Waals surface area contributed by atoms with E-state index in [-0.39, 0.29) is 12.2 Å². The Morgan fingerprint density at radius 1 is 0.950 bits per heavy atom. The Morgan fingerprint density at radius 3 is 2.05 bits per heavy atom. The SMILES string of the molecule is OC(CNc1cc(F)c(F)c(F)c1)c1ccc(F)cc1. The van der Waals surface area contributed by atoms with Crippen LogP contribution in [0.4, 0.5) is 23.2 Å².